The summed E-state index contributed by atoms with van der Waals surface area (Å²) in [5, 5.41) is 9.16. The van der Waals surface area contributed by atoms with E-state index in [4.69, 9.17) is 9.15 Å². The summed E-state index contributed by atoms with van der Waals surface area (Å²) < 4.78 is 10.1. The van der Waals surface area contributed by atoms with Crippen molar-refractivity contribution < 1.29 is 13.9 Å². The number of carbonyl (C=O) groups is 1. The highest BCUT2D eigenvalue weighted by Gasteiger charge is 2.06. The Bertz CT molecular complexity index is 482. The second kappa shape index (κ2) is 15.0. The molecule has 1 aromatic rings. The van der Waals surface area contributed by atoms with Crippen LogP contribution in [-0.2, 0) is 4.74 Å². The van der Waals surface area contributed by atoms with Gasteiger partial charge in [-0.1, -0.05) is 0 Å². The zero-order chi connectivity index (χ0) is 17.6. The lowest BCUT2D eigenvalue weighted by Gasteiger charge is -2.18. The maximum absolute atomic E-state index is 11.7. The fourth-order valence-electron chi connectivity index (χ4n) is 2.03. The Labute approximate surface area is 166 Å². The maximum atomic E-state index is 11.7. The predicted octanol–water partition coefficient (Wildman–Crippen LogP) is 0.761. The number of furan rings is 1. The number of nitrogens with zero attached hydrogens (tertiary/aromatic N) is 2. The molecule has 144 valence electrons. The Morgan fingerprint density at radius 3 is 2.60 bits per heavy atom. The zero-order valence-electron chi connectivity index (χ0n) is 15.2. The number of carbonyl (C=O) groups excluding carboxylic acids is 1. The number of methoxy groups -OCH3 is 1. The van der Waals surface area contributed by atoms with Crippen LogP contribution in [0.1, 0.15) is 17.0 Å². The first-order valence-electron chi connectivity index (χ1n) is 8.11. The molecule has 1 rings (SSSR count). The Morgan fingerprint density at radius 2 is 1.96 bits per heavy atom. The van der Waals surface area contributed by atoms with E-state index in [9.17, 15) is 4.79 Å². The van der Waals surface area contributed by atoms with Crippen molar-refractivity contribution in [2.45, 2.75) is 6.42 Å². The van der Waals surface area contributed by atoms with Crippen molar-refractivity contribution in [3.8, 4) is 0 Å². The van der Waals surface area contributed by atoms with E-state index in [1.165, 1.54) is 6.26 Å². The highest BCUT2D eigenvalue weighted by Crippen LogP contribution is 1.98. The fraction of sp³-hybridized carbons (Fsp3) is 0.625. The molecule has 9 heteroatoms. The second-order valence-electron chi connectivity index (χ2n) is 5.31. The van der Waals surface area contributed by atoms with Gasteiger partial charge in [-0.3, -0.25) is 9.79 Å². The number of likely N-dealkylation sites (N-methyl/N-ethyl adjacent to an activating group) is 1. The summed E-state index contributed by atoms with van der Waals surface area (Å²) >= 11 is 0. The number of guanidine groups is 1. The topological polar surface area (TPSA) is 91.1 Å². The lowest BCUT2D eigenvalue weighted by Crippen LogP contribution is -2.43. The summed E-state index contributed by atoms with van der Waals surface area (Å²) in [6.45, 7) is 4.56. The van der Waals surface area contributed by atoms with E-state index in [-0.39, 0.29) is 29.9 Å². The molecule has 0 aliphatic heterocycles. The average molecular weight is 467 g/mol. The number of ether oxygens (including phenoxy) is 1. The van der Waals surface area contributed by atoms with Gasteiger partial charge in [-0.25, -0.2) is 0 Å². The van der Waals surface area contributed by atoms with Gasteiger partial charge >= 0.3 is 0 Å². The second-order valence-corrected chi connectivity index (χ2v) is 5.31. The largest absolute Gasteiger partial charge is 0.459 e. The first-order valence-corrected chi connectivity index (χ1v) is 8.11. The third-order valence-electron chi connectivity index (χ3n) is 3.35. The Morgan fingerprint density at radius 1 is 1.24 bits per heavy atom. The van der Waals surface area contributed by atoms with Crippen molar-refractivity contribution in [2.24, 2.45) is 4.99 Å². The van der Waals surface area contributed by atoms with Crippen LogP contribution in [0.3, 0.4) is 0 Å². The number of rotatable bonds is 11. The molecule has 0 aliphatic rings. The van der Waals surface area contributed by atoms with Gasteiger partial charge in [0, 0.05) is 53.5 Å². The lowest BCUT2D eigenvalue weighted by molar-refractivity contribution is 0.0926. The molecular formula is C16H30IN5O3. The number of hydrogen-bond acceptors (Lipinski definition) is 5. The average Bonchev–Trinajstić information content (AvgIpc) is 3.11. The van der Waals surface area contributed by atoms with E-state index >= 15 is 0 Å². The monoisotopic (exact) mass is 467 g/mol. The van der Waals surface area contributed by atoms with Crippen molar-refractivity contribution in [1.29, 1.82) is 0 Å². The van der Waals surface area contributed by atoms with Gasteiger partial charge in [0.05, 0.1) is 6.26 Å². The molecule has 0 bridgehead atoms. The molecule has 0 fully saturated rings. The van der Waals surface area contributed by atoms with Gasteiger partial charge in [0.25, 0.3) is 5.91 Å². The molecule has 3 N–H and O–H groups in total. The number of halogens is 1. The molecule has 0 radical (unpaired) electrons. The van der Waals surface area contributed by atoms with Crippen LogP contribution in [-0.4, -0.2) is 77.3 Å². The molecule has 25 heavy (non-hydrogen) atoms. The molecule has 0 unspecified atom stereocenters. The van der Waals surface area contributed by atoms with Crippen molar-refractivity contribution in [1.82, 2.24) is 20.9 Å². The molecular weight excluding hydrogens is 437 g/mol. The van der Waals surface area contributed by atoms with E-state index in [2.05, 4.69) is 32.9 Å². The summed E-state index contributed by atoms with van der Waals surface area (Å²) in [6.07, 6.45) is 2.50. The number of hydrogen-bond donors (Lipinski definition) is 3. The minimum absolute atomic E-state index is 0. The predicted molar refractivity (Wildman–Crippen MR) is 110 cm³/mol. The van der Waals surface area contributed by atoms with Gasteiger partial charge in [-0.2, -0.15) is 0 Å². The summed E-state index contributed by atoms with van der Waals surface area (Å²) in [5.41, 5.74) is 0. The number of aliphatic imine (C=N–C) groups is 1. The first kappa shape index (κ1) is 23.7. The Hall–Kier alpha value is -1.33. The highest BCUT2D eigenvalue weighted by molar-refractivity contribution is 14.0. The molecule has 0 atom stereocenters. The molecule has 1 amide bonds. The van der Waals surface area contributed by atoms with Crippen LogP contribution in [0.4, 0.5) is 0 Å². The van der Waals surface area contributed by atoms with Crippen LogP contribution in [0.25, 0.3) is 0 Å². The molecule has 0 aliphatic carbocycles. The van der Waals surface area contributed by atoms with Crippen LogP contribution < -0.4 is 16.0 Å². The van der Waals surface area contributed by atoms with Crippen LogP contribution in [0.5, 0.6) is 0 Å². The van der Waals surface area contributed by atoms with E-state index in [1.54, 1.807) is 26.3 Å². The minimum Gasteiger partial charge on any atom is -0.459 e. The van der Waals surface area contributed by atoms with Crippen molar-refractivity contribution in [3.05, 3.63) is 24.2 Å². The standard InChI is InChI=1S/C16H29N5O3.HI/c1-17-16(20-9-11-21(2)10-5-12-23-3)19-8-7-18-15(22)14-6-4-13-24-14;/h4,6,13H,5,7-12H2,1-3H3,(H,18,22)(H2,17,19,20);1H. The zero-order valence-corrected chi connectivity index (χ0v) is 17.5. The molecule has 0 spiro atoms. The van der Waals surface area contributed by atoms with Gasteiger partial charge < -0.3 is 30.0 Å². The number of nitrogens with one attached hydrogen (secondary N) is 3. The number of amides is 1. The van der Waals surface area contributed by atoms with Crippen molar-refractivity contribution in [3.63, 3.8) is 0 Å². The van der Waals surface area contributed by atoms with E-state index in [0.29, 0.717) is 24.8 Å². The van der Waals surface area contributed by atoms with Crippen molar-refractivity contribution >= 4 is 35.8 Å². The van der Waals surface area contributed by atoms with Crippen LogP contribution >= 0.6 is 24.0 Å². The first-order chi connectivity index (χ1) is 11.7. The van der Waals surface area contributed by atoms with E-state index in [0.717, 1.165) is 32.7 Å². The van der Waals surface area contributed by atoms with Gasteiger partial charge in [0.1, 0.15) is 0 Å². The van der Waals surface area contributed by atoms with Gasteiger partial charge in [0.15, 0.2) is 11.7 Å². The van der Waals surface area contributed by atoms with Gasteiger partial charge in [-0.15, -0.1) is 24.0 Å². The molecule has 0 aromatic carbocycles. The SMILES string of the molecule is CN=C(NCCNC(=O)c1ccco1)NCCN(C)CCCOC.I. The van der Waals surface area contributed by atoms with Gasteiger partial charge in [0.2, 0.25) is 0 Å². The quantitative estimate of drug-likeness (QED) is 0.193. The lowest BCUT2D eigenvalue weighted by atomic mass is 10.4. The third kappa shape index (κ3) is 11.0. The van der Waals surface area contributed by atoms with E-state index < -0.39 is 0 Å². The van der Waals surface area contributed by atoms with Crippen LogP contribution in [0, 0.1) is 0 Å². The molecule has 1 aromatic heterocycles. The summed E-state index contributed by atoms with van der Waals surface area (Å²) in [4.78, 5) is 18.1. The third-order valence-corrected chi connectivity index (χ3v) is 3.35. The summed E-state index contributed by atoms with van der Waals surface area (Å²) in [6, 6.07) is 3.32. The normalized spacial score (nSPS) is 11.1. The molecule has 0 saturated heterocycles. The van der Waals surface area contributed by atoms with Crippen LogP contribution in [0.15, 0.2) is 27.8 Å². The van der Waals surface area contributed by atoms with Gasteiger partial charge in [-0.05, 0) is 25.6 Å². The summed E-state index contributed by atoms with van der Waals surface area (Å²) in [7, 11) is 5.52. The van der Waals surface area contributed by atoms with Crippen LogP contribution in [0.2, 0.25) is 0 Å². The molecule has 1 heterocycles. The Kier molecular flexibility index (Phi) is 14.2. The highest BCUT2D eigenvalue weighted by atomic mass is 127. The molecule has 0 saturated carbocycles. The summed E-state index contributed by atoms with van der Waals surface area (Å²) in [5.74, 6) is 0.809. The maximum Gasteiger partial charge on any atom is 0.287 e. The Balaban J connectivity index is 0.00000576. The fourth-order valence-corrected chi connectivity index (χ4v) is 2.03. The van der Waals surface area contributed by atoms with E-state index in [1.807, 2.05) is 0 Å². The smallest absolute Gasteiger partial charge is 0.287 e. The molecule has 8 nitrogen and oxygen atoms in total. The van der Waals surface area contributed by atoms with Crippen molar-refractivity contribution in [2.75, 3.05) is 60.5 Å². The minimum atomic E-state index is -0.220.